The van der Waals surface area contributed by atoms with Crippen LogP contribution in [0.4, 0.5) is 0 Å². The van der Waals surface area contributed by atoms with Crippen LogP contribution in [-0.2, 0) is 9.59 Å². The normalized spacial score (nSPS) is 11.5. The summed E-state index contributed by atoms with van der Waals surface area (Å²) in [6.45, 7) is 1.43. The van der Waals surface area contributed by atoms with Gasteiger partial charge in [0.1, 0.15) is 5.78 Å². The van der Waals surface area contributed by atoms with E-state index in [4.69, 9.17) is 0 Å². The summed E-state index contributed by atoms with van der Waals surface area (Å²) < 4.78 is 0. The van der Waals surface area contributed by atoms with Gasteiger partial charge in [-0.25, -0.2) is 0 Å². The van der Waals surface area contributed by atoms with E-state index in [2.05, 4.69) is 5.32 Å². The Labute approximate surface area is 94.0 Å². The van der Waals surface area contributed by atoms with E-state index in [1.807, 2.05) is 0 Å². The van der Waals surface area contributed by atoms with Gasteiger partial charge in [0, 0.05) is 5.97 Å². The van der Waals surface area contributed by atoms with Crippen molar-refractivity contribution in [3.63, 3.8) is 0 Å². The molecule has 0 fully saturated rings. The molecular formula is C7H12NNaO3. The van der Waals surface area contributed by atoms with Gasteiger partial charge in [-0.05, 0) is 26.8 Å². The van der Waals surface area contributed by atoms with Crippen molar-refractivity contribution >= 4 is 11.8 Å². The molecule has 64 valence electrons. The van der Waals surface area contributed by atoms with Crippen molar-refractivity contribution in [1.29, 1.82) is 0 Å². The van der Waals surface area contributed by atoms with Gasteiger partial charge < -0.3 is 15.2 Å². The topological polar surface area (TPSA) is 69.2 Å². The number of aliphatic carboxylic acids is 1. The maximum absolute atomic E-state index is 10.7. The summed E-state index contributed by atoms with van der Waals surface area (Å²) in [5, 5.41) is 12.7. The number of carbonyl (C=O) groups is 2. The predicted molar refractivity (Wildman–Crippen MR) is 37.8 cm³/mol. The smallest absolute Gasteiger partial charge is 0.550 e. The number of rotatable bonds is 5. The second kappa shape index (κ2) is 7.73. The zero-order chi connectivity index (χ0) is 8.85. The quantitative estimate of drug-likeness (QED) is 0.436. The summed E-state index contributed by atoms with van der Waals surface area (Å²) in [4.78, 5) is 20.7. The Hall–Kier alpha value is 0.1000. The molecule has 1 unspecified atom stereocenters. The second-order valence-corrected chi connectivity index (χ2v) is 2.36. The van der Waals surface area contributed by atoms with Crippen molar-refractivity contribution < 1.29 is 44.3 Å². The van der Waals surface area contributed by atoms with Crippen LogP contribution >= 0.6 is 0 Å². The monoisotopic (exact) mass is 181 g/mol. The minimum absolute atomic E-state index is 0. The molecule has 0 radical (unpaired) electrons. The van der Waals surface area contributed by atoms with Crippen LogP contribution in [0.15, 0.2) is 0 Å². The summed E-state index contributed by atoms with van der Waals surface area (Å²) in [7, 11) is 1.63. The molecule has 0 heterocycles. The maximum atomic E-state index is 10.7. The van der Waals surface area contributed by atoms with E-state index in [1.54, 1.807) is 7.05 Å². The number of Topliss-reactive ketones (excluding diaryl/α,β-unsaturated/α-hetero) is 1. The first-order valence-corrected chi connectivity index (χ1v) is 3.45. The minimum Gasteiger partial charge on any atom is -0.550 e. The van der Waals surface area contributed by atoms with Crippen molar-refractivity contribution in [3.8, 4) is 0 Å². The van der Waals surface area contributed by atoms with Crippen LogP contribution in [0.3, 0.4) is 0 Å². The molecule has 0 bridgehead atoms. The number of hydrogen-bond donors (Lipinski definition) is 1. The van der Waals surface area contributed by atoms with Crippen molar-refractivity contribution in [2.45, 2.75) is 25.8 Å². The fourth-order valence-electron chi connectivity index (χ4n) is 0.813. The van der Waals surface area contributed by atoms with Crippen molar-refractivity contribution in [2.75, 3.05) is 7.05 Å². The second-order valence-electron chi connectivity index (χ2n) is 2.36. The third-order valence-electron chi connectivity index (χ3n) is 1.48. The molecule has 12 heavy (non-hydrogen) atoms. The molecular weight excluding hydrogens is 169 g/mol. The molecule has 1 atom stereocenters. The fourth-order valence-corrected chi connectivity index (χ4v) is 0.813. The van der Waals surface area contributed by atoms with E-state index in [0.717, 1.165) is 0 Å². The number of nitrogens with one attached hydrogen (secondary N) is 1. The van der Waals surface area contributed by atoms with Crippen molar-refractivity contribution in [3.05, 3.63) is 0 Å². The first kappa shape index (κ1) is 14.6. The van der Waals surface area contributed by atoms with Crippen LogP contribution < -0.4 is 40.0 Å². The Morgan fingerprint density at radius 3 is 2.25 bits per heavy atom. The van der Waals surface area contributed by atoms with Gasteiger partial charge in [0.05, 0.1) is 6.04 Å². The zero-order valence-electron chi connectivity index (χ0n) is 7.72. The van der Waals surface area contributed by atoms with Gasteiger partial charge in [0.25, 0.3) is 0 Å². The molecule has 0 saturated heterocycles. The Morgan fingerprint density at radius 1 is 1.50 bits per heavy atom. The van der Waals surface area contributed by atoms with Crippen LogP contribution in [0.5, 0.6) is 0 Å². The van der Waals surface area contributed by atoms with Gasteiger partial charge >= 0.3 is 29.6 Å². The average molecular weight is 181 g/mol. The van der Waals surface area contributed by atoms with Gasteiger partial charge in [-0.15, -0.1) is 0 Å². The Kier molecular flexibility index (Phi) is 9.42. The Balaban J connectivity index is 0. The first-order chi connectivity index (χ1) is 5.07. The standard InChI is InChI=1S/C7H13NO3.Na/c1-5(9)6(8-2)3-4-7(10)11;/h6,8H,3-4H2,1-2H3,(H,10,11);/q;+1/p-1. The number of carboxylic acid groups (broad SMARTS) is 1. The van der Waals surface area contributed by atoms with Gasteiger partial charge in [0.15, 0.2) is 0 Å². The molecule has 0 aliphatic carbocycles. The fraction of sp³-hybridized carbons (Fsp3) is 0.714. The third kappa shape index (κ3) is 6.79. The molecule has 0 spiro atoms. The van der Waals surface area contributed by atoms with Crippen LogP contribution in [0.25, 0.3) is 0 Å². The molecule has 4 nitrogen and oxygen atoms in total. The molecule has 0 aromatic rings. The number of carbonyl (C=O) groups excluding carboxylic acids is 2. The number of hydrogen-bond acceptors (Lipinski definition) is 4. The zero-order valence-corrected chi connectivity index (χ0v) is 9.72. The van der Waals surface area contributed by atoms with Crippen LogP contribution in [-0.4, -0.2) is 24.8 Å². The Bertz CT molecular complexity index is 161. The first-order valence-electron chi connectivity index (χ1n) is 3.45. The molecule has 5 heteroatoms. The minimum atomic E-state index is -1.12. The average Bonchev–Trinajstić information content (AvgIpc) is 1.87. The van der Waals surface area contributed by atoms with Gasteiger partial charge in [0.2, 0.25) is 0 Å². The Morgan fingerprint density at radius 2 is 2.00 bits per heavy atom. The molecule has 0 aromatic heterocycles. The van der Waals surface area contributed by atoms with E-state index < -0.39 is 5.97 Å². The maximum Gasteiger partial charge on any atom is 1.00 e. The van der Waals surface area contributed by atoms with Crippen LogP contribution in [0.1, 0.15) is 19.8 Å². The van der Waals surface area contributed by atoms with Gasteiger partial charge in [-0.2, -0.15) is 0 Å². The number of carboxylic acids is 1. The van der Waals surface area contributed by atoms with Crippen molar-refractivity contribution in [2.24, 2.45) is 0 Å². The van der Waals surface area contributed by atoms with Gasteiger partial charge in [-0.1, -0.05) is 0 Å². The largest absolute Gasteiger partial charge is 1.00 e. The molecule has 0 saturated carbocycles. The van der Waals surface area contributed by atoms with Gasteiger partial charge in [-0.3, -0.25) is 4.79 Å². The summed E-state index contributed by atoms with van der Waals surface area (Å²) in [5.74, 6) is -1.17. The molecule has 0 amide bonds. The van der Waals surface area contributed by atoms with Crippen LogP contribution in [0.2, 0.25) is 0 Å². The van der Waals surface area contributed by atoms with E-state index in [9.17, 15) is 14.7 Å². The predicted octanol–water partition coefficient (Wildman–Crippen LogP) is -4.30. The molecule has 0 rings (SSSR count). The van der Waals surface area contributed by atoms with E-state index in [-0.39, 0.29) is 47.8 Å². The SMILES string of the molecule is CNC(CCC(=O)[O-])C(C)=O.[Na+]. The van der Waals surface area contributed by atoms with E-state index in [0.29, 0.717) is 6.42 Å². The summed E-state index contributed by atoms with van der Waals surface area (Å²) >= 11 is 0. The number of ketones is 1. The molecule has 0 aliphatic heterocycles. The molecule has 0 aromatic carbocycles. The summed E-state index contributed by atoms with van der Waals surface area (Å²) in [6, 6.07) is -0.354. The van der Waals surface area contributed by atoms with E-state index in [1.165, 1.54) is 6.92 Å². The summed E-state index contributed by atoms with van der Waals surface area (Å²) in [5.41, 5.74) is 0. The van der Waals surface area contributed by atoms with Crippen molar-refractivity contribution in [1.82, 2.24) is 5.32 Å². The molecule has 1 N–H and O–H groups in total. The summed E-state index contributed by atoms with van der Waals surface area (Å²) in [6.07, 6.45) is 0.221. The number of likely N-dealkylation sites (N-methyl/N-ethyl adjacent to an activating group) is 1. The van der Waals surface area contributed by atoms with E-state index >= 15 is 0 Å². The third-order valence-corrected chi connectivity index (χ3v) is 1.48. The molecule has 0 aliphatic rings. The van der Waals surface area contributed by atoms with Crippen LogP contribution in [0, 0.1) is 0 Å².